The summed E-state index contributed by atoms with van der Waals surface area (Å²) in [6.45, 7) is 6.08. The molecule has 2 aromatic carbocycles. The Morgan fingerprint density at radius 1 is 0.957 bits per heavy atom. The number of fused-ring (bicyclic) bond motifs is 3. The maximum atomic E-state index is 4.42. The van der Waals surface area contributed by atoms with Gasteiger partial charge in [-0.25, -0.2) is 0 Å². The van der Waals surface area contributed by atoms with Crippen molar-refractivity contribution in [1.29, 1.82) is 0 Å². The van der Waals surface area contributed by atoms with E-state index in [2.05, 4.69) is 81.2 Å². The molecule has 0 N–H and O–H groups in total. The van der Waals surface area contributed by atoms with E-state index in [1.807, 2.05) is 6.92 Å². The number of aromatic nitrogens is 3. The van der Waals surface area contributed by atoms with Crippen LogP contribution in [0.5, 0.6) is 0 Å². The number of anilines is 1. The second kappa shape index (κ2) is 5.54. The van der Waals surface area contributed by atoms with E-state index in [1.165, 1.54) is 16.9 Å². The van der Waals surface area contributed by atoms with Crippen LogP contribution in [0.25, 0.3) is 5.69 Å². The van der Waals surface area contributed by atoms with Gasteiger partial charge in [0.15, 0.2) is 0 Å². The molecule has 1 atom stereocenters. The molecule has 0 saturated carbocycles. The van der Waals surface area contributed by atoms with E-state index in [-0.39, 0.29) is 0 Å². The van der Waals surface area contributed by atoms with E-state index < -0.39 is 0 Å². The Morgan fingerprint density at radius 2 is 1.65 bits per heavy atom. The number of hydrogen-bond donors (Lipinski definition) is 0. The average Bonchev–Trinajstić information content (AvgIpc) is 2.91. The van der Waals surface area contributed by atoms with Crippen LogP contribution in [0.15, 0.2) is 54.6 Å². The van der Waals surface area contributed by atoms with Crippen molar-refractivity contribution in [3.8, 4) is 5.69 Å². The maximum Gasteiger partial charge on any atom is 0.142 e. The van der Waals surface area contributed by atoms with Gasteiger partial charge in [0.05, 0.1) is 11.4 Å². The monoisotopic (exact) mass is 304 g/mol. The molecule has 0 amide bonds. The number of rotatable bonds is 2. The fourth-order valence-electron chi connectivity index (χ4n) is 3.38. The summed E-state index contributed by atoms with van der Waals surface area (Å²) in [5, 5.41) is 8.72. The molecule has 23 heavy (non-hydrogen) atoms. The lowest BCUT2D eigenvalue weighted by Crippen LogP contribution is -2.26. The molecule has 4 nitrogen and oxygen atoms in total. The van der Waals surface area contributed by atoms with E-state index in [4.69, 9.17) is 0 Å². The Labute approximate surface area is 136 Å². The zero-order valence-electron chi connectivity index (χ0n) is 13.5. The second-order valence-corrected chi connectivity index (χ2v) is 6.20. The zero-order chi connectivity index (χ0) is 15.8. The first kappa shape index (κ1) is 14.0. The summed E-state index contributed by atoms with van der Waals surface area (Å²) in [7, 11) is 0. The molecule has 1 aliphatic heterocycles. The van der Waals surface area contributed by atoms with Crippen molar-refractivity contribution in [3.63, 3.8) is 0 Å². The number of hydrogen-bond acceptors (Lipinski definition) is 3. The molecular weight excluding hydrogens is 284 g/mol. The minimum Gasteiger partial charge on any atom is -0.365 e. The summed E-state index contributed by atoms with van der Waals surface area (Å²) < 4.78 is 2.20. The third kappa shape index (κ3) is 2.40. The standard InChI is InChI=1S/C19H20N4/c1-14-12-22(13-16-8-4-3-5-9-16)17-10-6-7-11-18(17)23-15(2)20-21-19(14)23/h3-11,14H,12-13H2,1-2H3. The Morgan fingerprint density at radius 3 is 2.43 bits per heavy atom. The van der Waals surface area contributed by atoms with E-state index in [9.17, 15) is 0 Å². The molecule has 0 spiro atoms. The number of benzene rings is 2. The van der Waals surface area contributed by atoms with E-state index >= 15 is 0 Å². The Kier molecular flexibility index (Phi) is 3.37. The molecule has 1 unspecified atom stereocenters. The van der Waals surface area contributed by atoms with Crippen LogP contribution in [0.4, 0.5) is 5.69 Å². The fourth-order valence-corrected chi connectivity index (χ4v) is 3.38. The van der Waals surface area contributed by atoms with Crippen LogP contribution >= 0.6 is 0 Å². The molecule has 0 fully saturated rings. The van der Waals surface area contributed by atoms with Gasteiger partial charge in [-0.15, -0.1) is 10.2 Å². The van der Waals surface area contributed by atoms with Gasteiger partial charge < -0.3 is 4.90 Å². The minimum absolute atomic E-state index is 0.326. The van der Waals surface area contributed by atoms with Crippen LogP contribution in [0, 0.1) is 6.92 Å². The summed E-state index contributed by atoms with van der Waals surface area (Å²) in [6, 6.07) is 19.2. The third-order valence-electron chi connectivity index (χ3n) is 4.46. The average molecular weight is 304 g/mol. The lowest BCUT2D eigenvalue weighted by atomic mass is 10.1. The third-order valence-corrected chi connectivity index (χ3v) is 4.46. The summed E-state index contributed by atoms with van der Waals surface area (Å²) in [6.07, 6.45) is 0. The van der Waals surface area contributed by atoms with Crippen molar-refractivity contribution >= 4 is 5.69 Å². The lowest BCUT2D eigenvalue weighted by molar-refractivity contribution is 0.656. The first-order valence-electron chi connectivity index (χ1n) is 8.04. The van der Waals surface area contributed by atoms with E-state index in [1.54, 1.807) is 0 Å². The minimum atomic E-state index is 0.326. The highest BCUT2D eigenvalue weighted by Crippen LogP contribution is 2.34. The van der Waals surface area contributed by atoms with Gasteiger partial charge in [-0.2, -0.15) is 0 Å². The van der Waals surface area contributed by atoms with Crippen LogP contribution in [0.3, 0.4) is 0 Å². The van der Waals surface area contributed by atoms with Crippen molar-refractivity contribution in [2.75, 3.05) is 11.4 Å². The van der Waals surface area contributed by atoms with Crippen molar-refractivity contribution in [2.45, 2.75) is 26.3 Å². The Hall–Kier alpha value is -2.62. The molecule has 2 heterocycles. The maximum absolute atomic E-state index is 4.42. The smallest absolute Gasteiger partial charge is 0.142 e. The van der Waals surface area contributed by atoms with Gasteiger partial charge in [0.2, 0.25) is 0 Å². The topological polar surface area (TPSA) is 34.0 Å². The van der Waals surface area contributed by atoms with Crippen molar-refractivity contribution in [3.05, 3.63) is 71.8 Å². The van der Waals surface area contributed by atoms with Crippen LogP contribution in [-0.4, -0.2) is 21.3 Å². The molecule has 0 radical (unpaired) electrons. The quantitative estimate of drug-likeness (QED) is 0.724. The lowest BCUT2D eigenvalue weighted by Gasteiger charge is -2.26. The fraction of sp³-hybridized carbons (Fsp3) is 0.263. The molecule has 0 saturated heterocycles. The van der Waals surface area contributed by atoms with Gasteiger partial charge in [-0.1, -0.05) is 49.4 Å². The SMILES string of the molecule is Cc1nnc2n1-c1ccccc1N(Cc1ccccc1)CC2C. The van der Waals surface area contributed by atoms with E-state index in [0.717, 1.165) is 24.7 Å². The van der Waals surface area contributed by atoms with Gasteiger partial charge in [0.1, 0.15) is 11.6 Å². The van der Waals surface area contributed by atoms with Gasteiger partial charge in [-0.3, -0.25) is 4.57 Å². The second-order valence-electron chi connectivity index (χ2n) is 6.20. The van der Waals surface area contributed by atoms with Gasteiger partial charge in [-0.05, 0) is 24.6 Å². The first-order valence-corrected chi connectivity index (χ1v) is 8.04. The van der Waals surface area contributed by atoms with Crippen molar-refractivity contribution in [1.82, 2.24) is 14.8 Å². The Bertz CT molecular complexity index is 822. The van der Waals surface area contributed by atoms with Crippen molar-refractivity contribution < 1.29 is 0 Å². The van der Waals surface area contributed by atoms with Crippen molar-refractivity contribution in [2.24, 2.45) is 0 Å². The summed E-state index contributed by atoms with van der Waals surface area (Å²) in [5.74, 6) is 2.32. The summed E-state index contributed by atoms with van der Waals surface area (Å²) >= 11 is 0. The molecule has 1 aliphatic rings. The predicted molar refractivity (Wildman–Crippen MR) is 92.0 cm³/mol. The molecule has 116 valence electrons. The summed E-state index contributed by atoms with van der Waals surface area (Å²) in [4.78, 5) is 2.45. The van der Waals surface area contributed by atoms with Gasteiger partial charge in [0, 0.05) is 19.0 Å². The number of aryl methyl sites for hydroxylation is 1. The largest absolute Gasteiger partial charge is 0.365 e. The van der Waals surface area contributed by atoms with Gasteiger partial charge >= 0.3 is 0 Å². The van der Waals surface area contributed by atoms with E-state index in [0.29, 0.717) is 5.92 Å². The first-order chi connectivity index (χ1) is 11.2. The molecule has 4 heteroatoms. The van der Waals surface area contributed by atoms with Crippen LogP contribution in [0.2, 0.25) is 0 Å². The van der Waals surface area contributed by atoms with Crippen LogP contribution < -0.4 is 4.90 Å². The molecule has 4 rings (SSSR count). The zero-order valence-corrected chi connectivity index (χ0v) is 13.5. The molecule has 3 aromatic rings. The van der Waals surface area contributed by atoms with Crippen LogP contribution in [0.1, 0.15) is 30.1 Å². The van der Waals surface area contributed by atoms with Gasteiger partial charge in [0.25, 0.3) is 0 Å². The molecule has 1 aromatic heterocycles. The Balaban J connectivity index is 1.82. The number of nitrogens with zero attached hydrogens (tertiary/aromatic N) is 4. The predicted octanol–water partition coefficient (Wildman–Crippen LogP) is 3.70. The number of para-hydroxylation sites is 2. The molecule has 0 bridgehead atoms. The highest BCUT2D eigenvalue weighted by molar-refractivity contribution is 5.65. The molecule has 0 aliphatic carbocycles. The molecular formula is C19H20N4. The normalized spacial score (nSPS) is 16.6. The highest BCUT2D eigenvalue weighted by atomic mass is 15.3. The van der Waals surface area contributed by atoms with Crippen LogP contribution in [-0.2, 0) is 6.54 Å². The highest BCUT2D eigenvalue weighted by Gasteiger charge is 2.26. The summed E-state index contributed by atoms with van der Waals surface area (Å²) in [5.41, 5.74) is 3.74.